The molecule has 23 nitrogen and oxygen atoms in total. The Labute approximate surface area is 568 Å². The van der Waals surface area contributed by atoms with Crippen molar-refractivity contribution in [3.63, 3.8) is 0 Å². The van der Waals surface area contributed by atoms with Crippen LogP contribution in [0.3, 0.4) is 0 Å². The van der Waals surface area contributed by atoms with E-state index in [0.717, 1.165) is 5.56 Å². The van der Waals surface area contributed by atoms with Crippen molar-refractivity contribution in [1.82, 2.24) is 30.2 Å². The number of cyclic esters (lactones) is 2. The number of methoxy groups -OCH3 is 2. The smallest absolute Gasteiger partial charge is 0.330 e. The normalized spacial score (nSPS) is 22.5. The second kappa shape index (κ2) is 34.5. The van der Waals surface area contributed by atoms with Gasteiger partial charge in [0.25, 0.3) is 5.91 Å². The Balaban J connectivity index is 1.21. The molecule has 1 unspecified atom stereocenters. The summed E-state index contributed by atoms with van der Waals surface area (Å²) in [5.41, 5.74) is 0.978. The molecular weight excluding hydrogens is 1240 g/mol. The summed E-state index contributed by atoms with van der Waals surface area (Å²) in [4.78, 5) is 162. The van der Waals surface area contributed by atoms with Gasteiger partial charge in [-0.2, -0.15) is 0 Å². The lowest BCUT2D eigenvalue weighted by atomic mass is 9.87. The molecule has 4 aromatic carbocycles. The van der Waals surface area contributed by atoms with Crippen molar-refractivity contribution in [1.29, 1.82) is 0 Å². The first-order valence-electron chi connectivity index (χ1n) is 33.3. The topological polar surface area (TPSA) is 283 Å². The molecule has 3 N–H and O–H groups in total. The van der Waals surface area contributed by atoms with Gasteiger partial charge in [0.1, 0.15) is 48.5 Å². The molecule has 7 amide bonds. The molecule has 522 valence electrons. The van der Waals surface area contributed by atoms with E-state index >= 15 is 4.79 Å². The van der Waals surface area contributed by atoms with Gasteiger partial charge in [-0.1, -0.05) is 92.7 Å². The first-order valence-corrected chi connectivity index (χ1v) is 33.3. The highest BCUT2D eigenvalue weighted by Crippen LogP contribution is 2.33. The van der Waals surface area contributed by atoms with Crippen molar-refractivity contribution in [2.75, 3.05) is 59.9 Å². The van der Waals surface area contributed by atoms with Crippen LogP contribution in [0.2, 0.25) is 0 Å². The average Bonchev–Trinajstić information content (AvgIpc) is 1.79. The van der Waals surface area contributed by atoms with Crippen molar-refractivity contribution < 1.29 is 76.4 Å². The number of benzene rings is 4. The third-order valence-corrected chi connectivity index (χ3v) is 17.4. The zero-order chi connectivity index (χ0) is 70.7. The van der Waals surface area contributed by atoms with Crippen LogP contribution >= 0.6 is 0 Å². The summed E-state index contributed by atoms with van der Waals surface area (Å²) in [6.45, 7) is 12.0. The van der Waals surface area contributed by atoms with Gasteiger partial charge in [-0.15, -0.1) is 0 Å². The Hall–Kier alpha value is -9.41. The van der Waals surface area contributed by atoms with Gasteiger partial charge >= 0.3 is 17.9 Å². The van der Waals surface area contributed by atoms with E-state index in [0.29, 0.717) is 65.1 Å². The summed E-state index contributed by atoms with van der Waals surface area (Å²) < 4.78 is 28.4. The molecule has 0 aromatic heterocycles. The molecule has 3 aliphatic rings. The molecule has 0 radical (unpaired) electrons. The van der Waals surface area contributed by atoms with Crippen molar-refractivity contribution in [2.45, 2.75) is 174 Å². The number of esters is 3. The molecule has 23 heteroatoms. The van der Waals surface area contributed by atoms with Gasteiger partial charge in [0.05, 0.1) is 26.1 Å². The molecule has 3 heterocycles. The van der Waals surface area contributed by atoms with Crippen LogP contribution in [-0.2, 0) is 86.2 Å². The van der Waals surface area contributed by atoms with E-state index < -0.39 is 113 Å². The second-order valence-electron chi connectivity index (χ2n) is 27.1. The number of fused-ring (bicyclic) bond motifs is 4. The lowest BCUT2D eigenvalue weighted by Gasteiger charge is -2.36. The second-order valence-corrected chi connectivity index (χ2v) is 27.1. The zero-order valence-corrected chi connectivity index (χ0v) is 57.8. The number of piperidine rings is 1. The average molecular weight is 1340 g/mol. The van der Waals surface area contributed by atoms with E-state index in [9.17, 15) is 47.9 Å². The SMILES string of the molecule is COc1ccc(CC[C@H]2OC(=O)[C@@H]3CCCCN3C(=O)C(=O)C(C)(C)COC(=O)/C=C/CCN(C)C(=O)[C@H](CC(C)C)N(C)C(=O)[C@H]3CCCN3C(=O)[C@H](Cc3ccc(CC(=O)OC(C)(C)C)cc3)NC(=O)C(c3ccccc3)NC(=O)CCC(=O)Nc3cccc2c3)cc1OC. The van der Waals surface area contributed by atoms with E-state index in [1.54, 1.807) is 119 Å². The fourth-order valence-corrected chi connectivity index (χ4v) is 12.1. The quantitative estimate of drug-likeness (QED) is 0.0690. The number of ether oxygens (including phenoxy) is 5. The number of nitrogens with zero attached hydrogens (tertiary/aromatic N) is 4. The standard InChI is InChI=1S/C74H95N7O16/c1-47(2)41-57-69(89)78(8)38-17-16-27-63(84)95-46-74(6,7)66(86)71(91)81-39-18-15-25-56(81)72(92)96-58(34-32-49-33-35-59(93-10)60(43-49)94-11)52-23-19-24-53(45-52)75-61(82)36-37-62(83)77-65(51-21-13-12-14-22-51)67(87)76-54(68(88)80-40-20-26-55(80)70(90)79(57)9)42-48-28-30-50(31-29-48)44-64(85)97-73(3,4)5/h12-14,16,19,21-24,27-31,33,35,43,45,47,54-58,65H,15,17-18,20,25-26,32,34,36-42,44,46H2,1-11H3,(H,75,82)(H,76,87)(H,77,83)/b27-16+/t54-,55+,56-,57-,58+,65?/m0/s1. The fraction of sp³-hybridized carbons (Fsp3) is 0.500. The molecule has 2 fully saturated rings. The predicted molar refractivity (Wildman–Crippen MR) is 361 cm³/mol. The van der Waals surface area contributed by atoms with Gasteiger partial charge in [0, 0.05) is 64.8 Å². The largest absolute Gasteiger partial charge is 0.493 e. The van der Waals surface area contributed by atoms with Crippen molar-refractivity contribution in [3.05, 3.63) is 137 Å². The summed E-state index contributed by atoms with van der Waals surface area (Å²) >= 11 is 0. The van der Waals surface area contributed by atoms with E-state index in [1.165, 1.54) is 66.9 Å². The Morgan fingerprint density at radius 2 is 1.35 bits per heavy atom. The van der Waals surface area contributed by atoms with Crippen LogP contribution in [0.5, 0.6) is 11.5 Å². The van der Waals surface area contributed by atoms with E-state index in [4.69, 9.17) is 23.7 Å². The number of hydrogen-bond donors (Lipinski definition) is 3. The Morgan fingerprint density at radius 3 is 2.04 bits per heavy atom. The molecule has 4 aromatic rings. The molecule has 6 atom stereocenters. The number of amides is 7. The summed E-state index contributed by atoms with van der Waals surface area (Å²) in [5.74, 6) is -6.34. The highest BCUT2D eigenvalue weighted by Gasteiger charge is 2.45. The number of carbonyl (C=O) groups is 11. The predicted octanol–water partition coefficient (Wildman–Crippen LogP) is 7.91. The molecule has 0 saturated carbocycles. The number of hydrogen-bond acceptors (Lipinski definition) is 16. The number of nitrogens with one attached hydrogen (secondary N) is 3. The van der Waals surface area contributed by atoms with Gasteiger partial charge < -0.3 is 59.2 Å². The third kappa shape index (κ3) is 21.3. The van der Waals surface area contributed by atoms with Gasteiger partial charge in [-0.05, 0) is 150 Å². The highest BCUT2D eigenvalue weighted by molar-refractivity contribution is 6.38. The van der Waals surface area contributed by atoms with Crippen LogP contribution in [0.4, 0.5) is 5.69 Å². The maximum Gasteiger partial charge on any atom is 0.330 e. The monoisotopic (exact) mass is 1340 g/mol. The molecule has 2 bridgehead atoms. The van der Waals surface area contributed by atoms with Gasteiger partial charge in [-0.25, -0.2) is 9.59 Å². The number of aryl methyl sites for hydroxylation is 1. The zero-order valence-electron chi connectivity index (χ0n) is 57.8. The minimum Gasteiger partial charge on any atom is -0.493 e. The Kier molecular flexibility index (Phi) is 26.7. The maximum absolute atomic E-state index is 15.3. The van der Waals surface area contributed by atoms with Crippen LogP contribution in [0, 0.1) is 11.3 Å². The molecule has 7 rings (SSSR count). The van der Waals surface area contributed by atoms with Gasteiger partial charge in [-0.3, -0.25) is 43.2 Å². The number of anilines is 1. The Morgan fingerprint density at radius 1 is 0.691 bits per heavy atom. The Bertz CT molecular complexity index is 3510. The highest BCUT2D eigenvalue weighted by atomic mass is 16.6. The number of rotatable bonds is 12. The third-order valence-electron chi connectivity index (χ3n) is 17.4. The van der Waals surface area contributed by atoms with Gasteiger partial charge in [0.15, 0.2) is 11.5 Å². The molecule has 0 aliphatic carbocycles. The van der Waals surface area contributed by atoms with E-state index in [-0.39, 0.29) is 89.2 Å². The summed E-state index contributed by atoms with van der Waals surface area (Å²) in [7, 11) is 6.15. The first kappa shape index (κ1) is 75.0. The first-order chi connectivity index (χ1) is 46.1. The lowest BCUT2D eigenvalue weighted by Crippen LogP contribution is -2.58. The van der Waals surface area contributed by atoms with Crippen LogP contribution in [-0.4, -0.2) is 169 Å². The van der Waals surface area contributed by atoms with Crippen LogP contribution < -0.4 is 25.4 Å². The maximum atomic E-state index is 15.3. The van der Waals surface area contributed by atoms with Crippen molar-refractivity contribution in [3.8, 4) is 11.5 Å². The number of Topliss-reactive ketones (excluding diaryl/α,β-unsaturated/α-hetero) is 1. The van der Waals surface area contributed by atoms with E-state index in [1.807, 2.05) is 19.9 Å². The summed E-state index contributed by atoms with van der Waals surface area (Å²) in [6, 6.07) is 21.5. The summed E-state index contributed by atoms with van der Waals surface area (Å²) in [5, 5.41) is 8.55. The van der Waals surface area contributed by atoms with Crippen molar-refractivity contribution >= 4 is 70.7 Å². The van der Waals surface area contributed by atoms with Crippen molar-refractivity contribution in [2.24, 2.45) is 11.3 Å². The van der Waals surface area contributed by atoms with E-state index in [2.05, 4.69) is 16.0 Å². The molecule has 3 aliphatic heterocycles. The number of ketones is 1. The molecule has 0 spiro atoms. The van der Waals surface area contributed by atoms with Crippen LogP contribution in [0.15, 0.2) is 109 Å². The lowest BCUT2D eigenvalue weighted by molar-refractivity contribution is -0.165. The summed E-state index contributed by atoms with van der Waals surface area (Å²) in [6.07, 6.45) is 3.86. The minimum absolute atomic E-state index is 0.0182. The fourth-order valence-electron chi connectivity index (χ4n) is 12.1. The van der Waals surface area contributed by atoms with Crippen LogP contribution in [0.1, 0.15) is 153 Å². The molecular formula is C74H95N7O16. The van der Waals surface area contributed by atoms with Gasteiger partial charge in [0.2, 0.25) is 41.2 Å². The number of carbonyl (C=O) groups excluding carboxylic acids is 11. The molecule has 2 saturated heterocycles. The molecule has 97 heavy (non-hydrogen) atoms. The van der Waals surface area contributed by atoms with Crippen LogP contribution in [0.25, 0.3) is 0 Å². The number of likely N-dealkylation sites (N-methyl/N-ethyl adjacent to an activating group) is 2. The minimum atomic E-state index is -1.52.